The van der Waals surface area contributed by atoms with Gasteiger partial charge in [0.05, 0.1) is 0 Å². The zero-order valence-electron chi connectivity index (χ0n) is 6.87. The Morgan fingerprint density at radius 3 is 3.08 bits per heavy atom. The van der Waals surface area contributed by atoms with Gasteiger partial charge in [0.15, 0.2) is 0 Å². The SMILES string of the molecule is CCc1ccnc(C(=O)NN)c1. The summed E-state index contributed by atoms with van der Waals surface area (Å²) in [6, 6.07) is 3.59. The number of nitrogens with one attached hydrogen (secondary N) is 1. The fraction of sp³-hybridized carbons (Fsp3) is 0.250. The third-order valence-corrected chi connectivity index (χ3v) is 1.60. The lowest BCUT2D eigenvalue weighted by Gasteiger charge is -1.99. The van der Waals surface area contributed by atoms with E-state index in [9.17, 15) is 4.79 Å². The molecule has 1 heterocycles. The van der Waals surface area contributed by atoms with Crippen LogP contribution in [-0.4, -0.2) is 10.9 Å². The highest BCUT2D eigenvalue weighted by atomic mass is 16.2. The molecule has 0 bridgehead atoms. The molecule has 0 aliphatic rings. The van der Waals surface area contributed by atoms with Crippen LogP contribution in [0.25, 0.3) is 0 Å². The number of hydrogen-bond acceptors (Lipinski definition) is 3. The molecule has 0 spiro atoms. The second kappa shape index (κ2) is 3.82. The molecule has 0 atom stereocenters. The van der Waals surface area contributed by atoms with Crippen LogP contribution in [0, 0.1) is 0 Å². The summed E-state index contributed by atoms with van der Waals surface area (Å²) in [6.45, 7) is 2.01. The molecule has 4 nitrogen and oxygen atoms in total. The molecule has 0 unspecified atom stereocenters. The topological polar surface area (TPSA) is 68.0 Å². The van der Waals surface area contributed by atoms with Gasteiger partial charge in [-0.05, 0) is 24.1 Å². The van der Waals surface area contributed by atoms with Crippen LogP contribution in [0.15, 0.2) is 18.3 Å². The Morgan fingerprint density at radius 2 is 2.50 bits per heavy atom. The van der Waals surface area contributed by atoms with E-state index in [4.69, 9.17) is 5.84 Å². The second-order valence-corrected chi connectivity index (χ2v) is 2.38. The summed E-state index contributed by atoms with van der Waals surface area (Å²) in [7, 11) is 0. The second-order valence-electron chi connectivity index (χ2n) is 2.38. The summed E-state index contributed by atoms with van der Waals surface area (Å²) in [6.07, 6.45) is 2.48. The summed E-state index contributed by atoms with van der Waals surface area (Å²) in [5.41, 5.74) is 3.46. The first kappa shape index (κ1) is 8.67. The predicted octanol–water partition coefficient (Wildman–Crippen LogP) is 0.247. The van der Waals surface area contributed by atoms with Gasteiger partial charge in [0.25, 0.3) is 5.91 Å². The highest BCUT2D eigenvalue weighted by Gasteiger charge is 2.03. The fourth-order valence-electron chi connectivity index (χ4n) is 0.892. The van der Waals surface area contributed by atoms with Gasteiger partial charge in [0.2, 0.25) is 0 Å². The number of aromatic nitrogens is 1. The Labute approximate surface area is 70.8 Å². The van der Waals surface area contributed by atoms with Crippen molar-refractivity contribution in [1.82, 2.24) is 10.4 Å². The van der Waals surface area contributed by atoms with Gasteiger partial charge in [-0.2, -0.15) is 0 Å². The maximum Gasteiger partial charge on any atom is 0.283 e. The monoisotopic (exact) mass is 165 g/mol. The number of aryl methyl sites for hydroxylation is 1. The largest absolute Gasteiger partial charge is 0.289 e. The van der Waals surface area contributed by atoms with Crippen LogP contribution in [-0.2, 0) is 6.42 Å². The van der Waals surface area contributed by atoms with Crippen molar-refractivity contribution in [2.24, 2.45) is 5.84 Å². The number of nitrogens with two attached hydrogens (primary N) is 1. The van der Waals surface area contributed by atoms with Gasteiger partial charge in [-0.3, -0.25) is 15.2 Å². The van der Waals surface area contributed by atoms with E-state index in [1.165, 1.54) is 0 Å². The number of hydrogen-bond donors (Lipinski definition) is 2. The quantitative estimate of drug-likeness (QED) is 0.375. The van der Waals surface area contributed by atoms with Gasteiger partial charge in [0, 0.05) is 6.20 Å². The molecule has 0 saturated heterocycles. The summed E-state index contributed by atoms with van der Waals surface area (Å²) < 4.78 is 0. The van der Waals surface area contributed by atoms with Gasteiger partial charge >= 0.3 is 0 Å². The average molecular weight is 165 g/mol. The molecule has 1 aromatic rings. The number of carbonyl (C=O) groups excluding carboxylic acids is 1. The molecule has 1 rings (SSSR count). The highest BCUT2D eigenvalue weighted by molar-refractivity contribution is 5.91. The van der Waals surface area contributed by atoms with Gasteiger partial charge in [-0.25, -0.2) is 5.84 Å². The van der Waals surface area contributed by atoms with Crippen molar-refractivity contribution in [2.75, 3.05) is 0 Å². The minimum absolute atomic E-state index is 0.356. The Kier molecular flexibility index (Phi) is 2.76. The van der Waals surface area contributed by atoms with E-state index >= 15 is 0 Å². The number of nitrogen functional groups attached to an aromatic ring is 1. The van der Waals surface area contributed by atoms with Gasteiger partial charge in [-0.15, -0.1) is 0 Å². The predicted molar refractivity (Wildman–Crippen MR) is 45.3 cm³/mol. The van der Waals surface area contributed by atoms with Crippen LogP contribution >= 0.6 is 0 Å². The van der Waals surface area contributed by atoms with E-state index in [2.05, 4.69) is 4.98 Å². The van der Waals surface area contributed by atoms with E-state index in [1.807, 2.05) is 18.4 Å². The summed E-state index contributed by atoms with van der Waals surface area (Å²) >= 11 is 0. The molecular weight excluding hydrogens is 154 g/mol. The molecule has 12 heavy (non-hydrogen) atoms. The first-order valence-corrected chi connectivity index (χ1v) is 3.73. The molecule has 4 heteroatoms. The van der Waals surface area contributed by atoms with Crippen molar-refractivity contribution >= 4 is 5.91 Å². The van der Waals surface area contributed by atoms with Crippen LogP contribution in [0.2, 0.25) is 0 Å². The summed E-state index contributed by atoms with van der Waals surface area (Å²) in [5.74, 6) is 4.60. The molecular formula is C8H11N3O. The fourth-order valence-corrected chi connectivity index (χ4v) is 0.892. The van der Waals surface area contributed by atoms with Gasteiger partial charge < -0.3 is 0 Å². The normalized spacial score (nSPS) is 9.50. The zero-order valence-corrected chi connectivity index (χ0v) is 6.87. The van der Waals surface area contributed by atoms with Crippen molar-refractivity contribution < 1.29 is 4.79 Å². The number of hydrazine groups is 1. The third kappa shape index (κ3) is 1.79. The number of rotatable bonds is 2. The Bertz CT molecular complexity index is 285. The third-order valence-electron chi connectivity index (χ3n) is 1.60. The van der Waals surface area contributed by atoms with Gasteiger partial charge in [-0.1, -0.05) is 6.92 Å². The molecule has 1 amide bonds. The molecule has 0 aromatic carbocycles. The molecule has 0 aliphatic carbocycles. The van der Waals surface area contributed by atoms with Crippen LogP contribution in [0.1, 0.15) is 23.0 Å². The molecule has 0 saturated carbocycles. The zero-order chi connectivity index (χ0) is 8.97. The number of carbonyl (C=O) groups is 1. The Balaban J connectivity index is 2.93. The number of pyridine rings is 1. The molecule has 0 fully saturated rings. The number of amides is 1. The lowest BCUT2D eigenvalue weighted by Crippen LogP contribution is -2.30. The van der Waals surface area contributed by atoms with E-state index in [1.54, 1.807) is 12.3 Å². The molecule has 0 aliphatic heterocycles. The first-order valence-electron chi connectivity index (χ1n) is 3.73. The highest BCUT2D eigenvalue weighted by Crippen LogP contribution is 2.01. The maximum absolute atomic E-state index is 11.0. The van der Waals surface area contributed by atoms with Crippen molar-refractivity contribution in [1.29, 1.82) is 0 Å². The van der Waals surface area contributed by atoms with Crippen LogP contribution in [0.5, 0.6) is 0 Å². The minimum atomic E-state index is -0.356. The first-order chi connectivity index (χ1) is 5.77. The molecule has 1 aromatic heterocycles. The Hall–Kier alpha value is -1.42. The van der Waals surface area contributed by atoms with E-state index < -0.39 is 0 Å². The minimum Gasteiger partial charge on any atom is -0.289 e. The Morgan fingerprint density at radius 1 is 1.75 bits per heavy atom. The molecule has 0 radical (unpaired) electrons. The molecule has 3 N–H and O–H groups in total. The van der Waals surface area contributed by atoms with Crippen LogP contribution in [0.3, 0.4) is 0 Å². The standard InChI is InChI=1S/C8H11N3O/c1-2-6-3-4-10-7(5-6)8(12)11-9/h3-5H,2,9H2,1H3,(H,11,12). The lowest BCUT2D eigenvalue weighted by atomic mass is 10.2. The number of nitrogens with zero attached hydrogens (tertiary/aromatic N) is 1. The average Bonchev–Trinajstić information content (AvgIpc) is 2.17. The maximum atomic E-state index is 11.0. The summed E-state index contributed by atoms with van der Waals surface area (Å²) in [5, 5.41) is 0. The smallest absolute Gasteiger partial charge is 0.283 e. The van der Waals surface area contributed by atoms with E-state index in [0.717, 1.165) is 12.0 Å². The van der Waals surface area contributed by atoms with Gasteiger partial charge in [0.1, 0.15) is 5.69 Å². The van der Waals surface area contributed by atoms with E-state index in [-0.39, 0.29) is 5.91 Å². The van der Waals surface area contributed by atoms with Crippen molar-refractivity contribution in [3.05, 3.63) is 29.6 Å². The lowest BCUT2D eigenvalue weighted by molar-refractivity contribution is 0.0948. The molecule has 64 valence electrons. The summed E-state index contributed by atoms with van der Waals surface area (Å²) in [4.78, 5) is 14.8. The van der Waals surface area contributed by atoms with Crippen LogP contribution < -0.4 is 11.3 Å². The van der Waals surface area contributed by atoms with Crippen LogP contribution in [0.4, 0.5) is 0 Å². The van der Waals surface area contributed by atoms with E-state index in [0.29, 0.717) is 5.69 Å². The van der Waals surface area contributed by atoms with Crippen molar-refractivity contribution in [2.45, 2.75) is 13.3 Å². The van der Waals surface area contributed by atoms with Crippen molar-refractivity contribution in [3.8, 4) is 0 Å². The van der Waals surface area contributed by atoms with Crippen molar-refractivity contribution in [3.63, 3.8) is 0 Å².